The van der Waals surface area contributed by atoms with Crippen LogP contribution in [0.2, 0.25) is 0 Å². The quantitative estimate of drug-likeness (QED) is 0.746. The molecule has 126 valence electrons. The predicted molar refractivity (Wildman–Crippen MR) is 98.8 cm³/mol. The van der Waals surface area contributed by atoms with Crippen molar-refractivity contribution < 1.29 is 4.79 Å². The molecule has 1 aromatic heterocycles. The highest BCUT2D eigenvalue weighted by molar-refractivity contribution is 5.92. The summed E-state index contributed by atoms with van der Waals surface area (Å²) in [6, 6.07) is 17.6. The Hall–Kier alpha value is -3.21. The summed E-state index contributed by atoms with van der Waals surface area (Å²) in [5.41, 5.74) is 4.61. The van der Waals surface area contributed by atoms with Crippen LogP contribution in [0, 0.1) is 13.8 Å². The molecule has 3 rings (SSSR count). The van der Waals surface area contributed by atoms with E-state index < -0.39 is 0 Å². The van der Waals surface area contributed by atoms with Crippen molar-refractivity contribution in [3.05, 3.63) is 83.3 Å². The summed E-state index contributed by atoms with van der Waals surface area (Å²) in [4.78, 5) is 20.6. The Balaban J connectivity index is 1.68. The molecule has 0 aliphatic heterocycles. The standard InChI is InChI=1S/C20H20N4O/c1-14-6-5-8-16(10-14)12-21-20(25)18-11-19(23-13-22-18)24-17-9-4-3-7-15(17)2/h3-11,13H,12H2,1-2H3,(H,21,25)(H,22,23,24). The third-order valence-corrected chi connectivity index (χ3v) is 3.84. The SMILES string of the molecule is Cc1cccc(CNC(=O)c2cc(Nc3ccccc3C)ncn2)c1. The molecule has 0 fully saturated rings. The largest absolute Gasteiger partial charge is 0.347 e. The summed E-state index contributed by atoms with van der Waals surface area (Å²) in [7, 11) is 0. The number of benzene rings is 2. The van der Waals surface area contributed by atoms with E-state index >= 15 is 0 Å². The number of aryl methyl sites for hydroxylation is 2. The summed E-state index contributed by atoms with van der Waals surface area (Å²) in [6.45, 7) is 4.50. The number of para-hydroxylation sites is 1. The van der Waals surface area contributed by atoms with Crippen LogP contribution >= 0.6 is 0 Å². The number of amides is 1. The fourth-order valence-corrected chi connectivity index (χ4v) is 2.50. The van der Waals surface area contributed by atoms with Crippen LogP contribution in [-0.4, -0.2) is 15.9 Å². The minimum atomic E-state index is -0.225. The number of anilines is 2. The van der Waals surface area contributed by atoms with E-state index in [0.29, 0.717) is 18.1 Å². The zero-order valence-corrected chi connectivity index (χ0v) is 14.3. The highest BCUT2D eigenvalue weighted by Gasteiger charge is 2.09. The number of nitrogens with one attached hydrogen (secondary N) is 2. The van der Waals surface area contributed by atoms with Gasteiger partial charge in [0.25, 0.3) is 5.91 Å². The Bertz CT molecular complexity index is 892. The van der Waals surface area contributed by atoms with Gasteiger partial charge in [-0.2, -0.15) is 0 Å². The van der Waals surface area contributed by atoms with Gasteiger partial charge >= 0.3 is 0 Å². The van der Waals surface area contributed by atoms with E-state index in [0.717, 1.165) is 16.8 Å². The van der Waals surface area contributed by atoms with Crippen LogP contribution in [0.5, 0.6) is 0 Å². The van der Waals surface area contributed by atoms with E-state index in [2.05, 4.69) is 20.6 Å². The van der Waals surface area contributed by atoms with Crippen molar-refractivity contribution in [3.8, 4) is 0 Å². The van der Waals surface area contributed by atoms with E-state index in [-0.39, 0.29) is 5.91 Å². The van der Waals surface area contributed by atoms with Gasteiger partial charge < -0.3 is 10.6 Å². The van der Waals surface area contributed by atoms with Gasteiger partial charge in [-0.15, -0.1) is 0 Å². The summed E-state index contributed by atoms with van der Waals surface area (Å²) in [5.74, 6) is 0.363. The van der Waals surface area contributed by atoms with Crippen LogP contribution in [0.4, 0.5) is 11.5 Å². The fraction of sp³-hybridized carbons (Fsp3) is 0.150. The topological polar surface area (TPSA) is 66.9 Å². The molecule has 0 unspecified atom stereocenters. The number of carbonyl (C=O) groups is 1. The van der Waals surface area contributed by atoms with E-state index in [1.165, 1.54) is 11.9 Å². The predicted octanol–water partition coefficient (Wildman–Crippen LogP) is 3.77. The molecule has 0 saturated heterocycles. The summed E-state index contributed by atoms with van der Waals surface area (Å²) in [6.07, 6.45) is 1.39. The molecule has 2 aromatic carbocycles. The zero-order chi connectivity index (χ0) is 17.6. The lowest BCUT2D eigenvalue weighted by atomic mass is 10.1. The minimum Gasteiger partial charge on any atom is -0.347 e. The molecular formula is C20H20N4O. The molecule has 5 heteroatoms. The van der Waals surface area contributed by atoms with Crippen molar-refractivity contribution in [2.75, 3.05) is 5.32 Å². The molecule has 0 bridgehead atoms. The van der Waals surface area contributed by atoms with Crippen molar-refractivity contribution in [2.24, 2.45) is 0 Å². The van der Waals surface area contributed by atoms with Gasteiger partial charge in [-0.1, -0.05) is 48.0 Å². The molecule has 2 N–H and O–H groups in total. The number of carbonyl (C=O) groups excluding carboxylic acids is 1. The average Bonchev–Trinajstić information content (AvgIpc) is 2.62. The van der Waals surface area contributed by atoms with Gasteiger partial charge in [-0.05, 0) is 31.0 Å². The second-order valence-corrected chi connectivity index (χ2v) is 5.90. The van der Waals surface area contributed by atoms with Gasteiger partial charge in [0, 0.05) is 18.3 Å². The second-order valence-electron chi connectivity index (χ2n) is 5.90. The lowest BCUT2D eigenvalue weighted by Crippen LogP contribution is -2.24. The van der Waals surface area contributed by atoms with Gasteiger partial charge in [-0.25, -0.2) is 9.97 Å². The molecule has 1 amide bonds. The lowest BCUT2D eigenvalue weighted by molar-refractivity contribution is 0.0946. The van der Waals surface area contributed by atoms with Crippen molar-refractivity contribution in [3.63, 3.8) is 0 Å². The molecule has 1 heterocycles. The van der Waals surface area contributed by atoms with Gasteiger partial charge in [0.1, 0.15) is 17.8 Å². The first-order valence-corrected chi connectivity index (χ1v) is 8.10. The van der Waals surface area contributed by atoms with Crippen molar-refractivity contribution >= 4 is 17.4 Å². The van der Waals surface area contributed by atoms with Gasteiger partial charge in [0.05, 0.1) is 0 Å². The average molecular weight is 332 g/mol. The van der Waals surface area contributed by atoms with Crippen LogP contribution in [0.3, 0.4) is 0 Å². The Kier molecular flexibility index (Phi) is 5.04. The van der Waals surface area contributed by atoms with Crippen LogP contribution < -0.4 is 10.6 Å². The highest BCUT2D eigenvalue weighted by Crippen LogP contribution is 2.18. The Morgan fingerprint density at radius 3 is 2.64 bits per heavy atom. The number of rotatable bonds is 5. The third kappa shape index (κ3) is 4.41. The Morgan fingerprint density at radius 1 is 1.00 bits per heavy atom. The van der Waals surface area contributed by atoms with Gasteiger partial charge in [0.15, 0.2) is 0 Å². The van der Waals surface area contributed by atoms with E-state index in [1.807, 2.05) is 62.4 Å². The fourth-order valence-electron chi connectivity index (χ4n) is 2.50. The van der Waals surface area contributed by atoms with Crippen molar-refractivity contribution in [1.29, 1.82) is 0 Å². The van der Waals surface area contributed by atoms with Crippen LogP contribution in [0.25, 0.3) is 0 Å². The Labute approximate surface area is 147 Å². The highest BCUT2D eigenvalue weighted by atomic mass is 16.1. The molecular weight excluding hydrogens is 312 g/mol. The number of nitrogens with zero attached hydrogens (tertiary/aromatic N) is 2. The molecule has 0 aliphatic rings. The molecule has 0 aliphatic carbocycles. The van der Waals surface area contributed by atoms with E-state index in [1.54, 1.807) is 6.07 Å². The number of aromatic nitrogens is 2. The smallest absolute Gasteiger partial charge is 0.270 e. The van der Waals surface area contributed by atoms with Gasteiger partial charge in [-0.3, -0.25) is 4.79 Å². The number of hydrogen-bond acceptors (Lipinski definition) is 4. The Morgan fingerprint density at radius 2 is 1.84 bits per heavy atom. The minimum absolute atomic E-state index is 0.225. The molecule has 3 aromatic rings. The van der Waals surface area contributed by atoms with E-state index in [4.69, 9.17) is 0 Å². The zero-order valence-electron chi connectivity index (χ0n) is 14.3. The van der Waals surface area contributed by atoms with E-state index in [9.17, 15) is 4.79 Å². The van der Waals surface area contributed by atoms with Crippen LogP contribution in [0.1, 0.15) is 27.2 Å². The first-order chi connectivity index (χ1) is 12.1. The molecule has 0 radical (unpaired) electrons. The summed E-state index contributed by atoms with van der Waals surface area (Å²) < 4.78 is 0. The van der Waals surface area contributed by atoms with Gasteiger partial charge in [0.2, 0.25) is 0 Å². The third-order valence-electron chi connectivity index (χ3n) is 3.84. The maximum Gasteiger partial charge on any atom is 0.270 e. The summed E-state index contributed by atoms with van der Waals surface area (Å²) >= 11 is 0. The monoisotopic (exact) mass is 332 g/mol. The first kappa shape index (κ1) is 16.6. The van der Waals surface area contributed by atoms with Crippen LogP contribution in [-0.2, 0) is 6.54 Å². The van der Waals surface area contributed by atoms with Crippen molar-refractivity contribution in [1.82, 2.24) is 15.3 Å². The molecule has 0 saturated carbocycles. The maximum atomic E-state index is 12.3. The second kappa shape index (κ2) is 7.57. The maximum absolute atomic E-state index is 12.3. The summed E-state index contributed by atoms with van der Waals surface area (Å²) in [5, 5.41) is 6.11. The number of hydrogen-bond donors (Lipinski definition) is 2. The normalized spacial score (nSPS) is 10.3. The van der Waals surface area contributed by atoms with Crippen LogP contribution in [0.15, 0.2) is 60.9 Å². The molecule has 0 spiro atoms. The lowest BCUT2D eigenvalue weighted by Gasteiger charge is -2.10. The molecule has 5 nitrogen and oxygen atoms in total. The first-order valence-electron chi connectivity index (χ1n) is 8.10. The molecule has 25 heavy (non-hydrogen) atoms. The molecule has 0 atom stereocenters. The van der Waals surface area contributed by atoms with Crippen molar-refractivity contribution in [2.45, 2.75) is 20.4 Å².